The van der Waals surface area contributed by atoms with Crippen molar-refractivity contribution in [3.8, 4) is 0 Å². The van der Waals surface area contributed by atoms with Gasteiger partial charge in [0.05, 0.1) is 141 Å². The monoisotopic (exact) mass is 1830 g/mol. The SMILES string of the molecule is CCCCCSC1=C(SCCCCC)SC(=C2Sc3c(c4cc5nc(cc6[nH]c(cc7nc(cc3[nH]4)c3sc(=C4SC(SCCCCC)=C(SCCCCC)S4)sc7=3)c3c6SC(=C4SC(SCCCCC)=C(SCCCCC)S4)S3)c3sc(=C4SC(SCCCCC)=C(SCCCCC)S4)sc5=3)S2)S1. The third kappa shape index (κ3) is 21.8. The van der Waals surface area contributed by atoms with E-state index in [0.29, 0.717) is 0 Å². The maximum atomic E-state index is 5.85. The van der Waals surface area contributed by atoms with Gasteiger partial charge in [-0.05, 0) is 122 Å². The van der Waals surface area contributed by atoms with E-state index in [0.717, 1.165) is 44.1 Å². The van der Waals surface area contributed by atoms with Crippen molar-refractivity contribution in [2.75, 3.05) is 46.0 Å². The van der Waals surface area contributed by atoms with Gasteiger partial charge in [0.1, 0.15) is 7.69 Å². The van der Waals surface area contributed by atoms with E-state index in [1.807, 2.05) is 92.4 Å². The number of aromatic nitrogens is 4. The van der Waals surface area contributed by atoms with Gasteiger partial charge in [0.2, 0.25) is 0 Å². The van der Waals surface area contributed by atoms with Crippen LogP contribution in [0.4, 0.5) is 0 Å². The number of H-pyrrole nitrogens is 2. The van der Waals surface area contributed by atoms with Crippen molar-refractivity contribution in [1.82, 2.24) is 19.9 Å². The summed E-state index contributed by atoms with van der Waals surface area (Å²) in [5.74, 6) is 9.48. The van der Waals surface area contributed by atoms with Crippen molar-refractivity contribution in [2.45, 2.75) is 229 Å². The van der Waals surface area contributed by atoms with Crippen molar-refractivity contribution in [3.63, 3.8) is 0 Å². The quantitative estimate of drug-likeness (QED) is 0.0358. The normalized spacial score (nSPS) is 16.5. The molecule has 10 aliphatic rings. The number of fused-ring (bicyclic) bond motifs is 18. The van der Waals surface area contributed by atoms with Crippen molar-refractivity contribution in [2.24, 2.45) is 0 Å². The number of hydrogen-bond acceptors (Lipinski definition) is 26. The lowest BCUT2D eigenvalue weighted by Crippen LogP contribution is -1.87. The van der Waals surface area contributed by atoms with Crippen LogP contribution in [0.25, 0.3) is 52.6 Å². The molecule has 0 saturated carbocycles. The highest BCUT2D eigenvalue weighted by Crippen LogP contribution is 2.68. The minimum Gasteiger partial charge on any atom is -0.353 e. The van der Waals surface area contributed by atoms with Crippen LogP contribution < -0.4 is 7.69 Å². The first-order valence-corrected chi connectivity index (χ1v) is 58.3. The van der Waals surface area contributed by atoms with Crippen LogP contribution in [0.2, 0.25) is 0 Å². The minimum absolute atomic E-state index is 1.06. The molecule has 0 atom stereocenters. The Morgan fingerprint density at radius 1 is 0.240 bits per heavy atom. The van der Waals surface area contributed by atoms with Gasteiger partial charge in [0.15, 0.2) is 0 Å². The van der Waals surface area contributed by atoms with Gasteiger partial charge in [-0.1, -0.05) is 299 Å². The van der Waals surface area contributed by atoms with Crippen LogP contribution in [0.1, 0.15) is 209 Å². The molecule has 562 valence electrons. The molecule has 0 saturated heterocycles. The van der Waals surface area contributed by atoms with E-state index in [9.17, 15) is 0 Å². The van der Waals surface area contributed by atoms with Crippen molar-refractivity contribution >= 4 is 333 Å². The molecule has 8 bridgehead atoms. The highest BCUT2D eigenvalue weighted by molar-refractivity contribution is 8.47. The molecular weight excluding hydrogens is 1740 g/mol. The highest BCUT2D eigenvalue weighted by Gasteiger charge is 2.35. The molecule has 0 spiro atoms. The summed E-state index contributed by atoms with van der Waals surface area (Å²) in [6.07, 6.45) is 30.5. The van der Waals surface area contributed by atoms with Crippen LogP contribution in [0.3, 0.4) is 0 Å². The summed E-state index contributed by atoms with van der Waals surface area (Å²) >= 11 is 49.2. The first kappa shape index (κ1) is 84.3. The number of rotatable bonds is 40. The summed E-state index contributed by atoms with van der Waals surface area (Å²) in [7, 11) is 0. The van der Waals surface area contributed by atoms with Crippen molar-refractivity contribution < 1.29 is 0 Å². The first-order valence-electron chi connectivity index (χ1n) is 37.3. The number of nitrogens with zero attached hydrogens (tertiary/aromatic N) is 2. The Bertz CT molecular complexity index is 4180. The number of aromatic amines is 2. The fraction of sp³-hybridized carbons (Fsp3) is 0.526. The van der Waals surface area contributed by atoms with Crippen LogP contribution >= 0.6 is 281 Å². The molecule has 28 heteroatoms. The molecule has 0 aromatic carbocycles. The molecule has 0 amide bonds. The molecule has 4 nitrogen and oxygen atoms in total. The number of nitrogens with one attached hydrogen (secondary N) is 2. The van der Waals surface area contributed by atoms with Gasteiger partial charge in [-0.25, -0.2) is 9.97 Å². The molecular formula is C76H94N4S24. The van der Waals surface area contributed by atoms with Crippen LogP contribution in [-0.4, -0.2) is 66.0 Å². The Hall–Kier alpha value is 2.40. The fourth-order valence-electron chi connectivity index (χ4n) is 11.5. The van der Waals surface area contributed by atoms with Gasteiger partial charge in [0, 0.05) is 0 Å². The third-order valence-corrected chi connectivity index (χ3v) is 52.6. The predicted molar refractivity (Wildman–Crippen MR) is 518 cm³/mol. The van der Waals surface area contributed by atoms with E-state index in [-0.39, 0.29) is 0 Å². The molecule has 0 radical (unpaired) electrons. The lowest BCUT2D eigenvalue weighted by atomic mass is 10.3. The van der Waals surface area contributed by atoms with Crippen LogP contribution in [0.5, 0.6) is 0 Å². The second-order valence-corrected chi connectivity index (χ2v) is 54.9. The summed E-state index contributed by atoms with van der Waals surface area (Å²) in [4.78, 5) is 25.3. The van der Waals surface area contributed by atoms with Crippen LogP contribution in [0.15, 0.2) is 94.7 Å². The van der Waals surface area contributed by atoms with Crippen LogP contribution in [0, 0.1) is 18.1 Å². The zero-order valence-electron chi connectivity index (χ0n) is 60.6. The Kier molecular flexibility index (Phi) is 35.3. The molecule has 3 aromatic rings. The summed E-state index contributed by atoms with van der Waals surface area (Å²) < 4.78 is 28.7. The molecule has 3 aromatic heterocycles. The topological polar surface area (TPSA) is 57.4 Å². The molecule has 0 aliphatic carbocycles. The summed E-state index contributed by atoms with van der Waals surface area (Å²) in [6.45, 7) is 18.6. The van der Waals surface area contributed by atoms with Gasteiger partial charge in [-0.2, -0.15) is 0 Å². The first-order chi connectivity index (χ1) is 51.2. The minimum atomic E-state index is 1.06. The van der Waals surface area contributed by atoms with Gasteiger partial charge in [0.25, 0.3) is 0 Å². The Morgan fingerprint density at radius 2 is 0.423 bits per heavy atom. The zero-order chi connectivity index (χ0) is 71.7. The van der Waals surface area contributed by atoms with E-state index >= 15 is 0 Å². The Labute approximate surface area is 719 Å². The van der Waals surface area contributed by atoms with Gasteiger partial charge in [-0.15, -0.1) is 139 Å². The smallest absolute Gasteiger partial charge is 0.101 e. The van der Waals surface area contributed by atoms with E-state index in [1.54, 1.807) is 0 Å². The van der Waals surface area contributed by atoms with E-state index in [2.05, 4.69) is 278 Å². The lowest BCUT2D eigenvalue weighted by molar-refractivity contribution is 0.779. The Morgan fingerprint density at radius 3 is 0.615 bits per heavy atom. The average Bonchev–Trinajstić information content (AvgIpc) is 1.59. The van der Waals surface area contributed by atoms with E-state index < -0.39 is 0 Å². The molecule has 13 rings (SSSR count). The number of unbranched alkanes of at least 4 members (excludes halogenated alkanes) is 16. The molecule has 0 unspecified atom stereocenters. The van der Waals surface area contributed by atoms with Gasteiger partial charge >= 0.3 is 0 Å². The maximum Gasteiger partial charge on any atom is 0.101 e. The second-order valence-electron chi connectivity index (χ2n) is 25.6. The van der Waals surface area contributed by atoms with Gasteiger partial charge in [-0.3, -0.25) is 0 Å². The number of thioether (sulfide) groups is 20. The summed E-state index contributed by atoms with van der Waals surface area (Å²) in [6, 6.07) is 9.76. The van der Waals surface area contributed by atoms with Crippen molar-refractivity contribution in [3.05, 3.63) is 101 Å². The maximum absolute atomic E-state index is 5.85. The molecule has 104 heavy (non-hydrogen) atoms. The average molecular weight is 1830 g/mol. The second kappa shape index (κ2) is 43.6. The summed E-state index contributed by atoms with van der Waals surface area (Å²) in [5, 5.41) is 0. The molecule has 13 heterocycles. The largest absolute Gasteiger partial charge is 0.353 e. The van der Waals surface area contributed by atoms with E-state index in [4.69, 9.17) is 9.97 Å². The fourth-order valence-corrected chi connectivity index (χ4v) is 47.2. The standard InChI is InChI=1S/C76H94N4S24/c1-9-17-25-33-81-61-62(82-34-26-18-10-2)98-73(97-61)69-89-53-45-41-47-55-57(93-70(91-55)74-99-63(83-35-27-19-11-3)64(100-74)84-36-28-20-12-4)49(78-47)43-51-59-60(96-72(95-59)76-103-67(87-39-31-23-15-7)68(104-76)88-40-32-24-16-8)52(80-51)44-50-58-56(48(79-50)42-46(77-45)54(53)90-69)92-71(94-58)75-101-65(85-37-29-21-13-5)66(102-75)86-38-30-22-14-6/h41-44,77,80H,9-40H2,1-8H3. The molecule has 2 N–H and O–H groups in total. The zero-order valence-corrected chi connectivity index (χ0v) is 80.2. The van der Waals surface area contributed by atoms with Crippen LogP contribution in [-0.2, 0) is 0 Å². The lowest BCUT2D eigenvalue weighted by Gasteiger charge is -2.04. The van der Waals surface area contributed by atoms with Crippen molar-refractivity contribution in [1.29, 1.82) is 0 Å². The summed E-state index contributed by atoms with van der Waals surface area (Å²) in [5.41, 5.74) is 8.81. The predicted octanol–water partition coefficient (Wildman–Crippen LogP) is 33.7. The van der Waals surface area contributed by atoms with Gasteiger partial charge < -0.3 is 9.97 Å². The molecule has 10 aliphatic heterocycles. The molecule has 0 fully saturated rings. The third-order valence-electron chi connectivity index (χ3n) is 17.1. The number of hydrogen-bond donors (Lipinski definition) is 2. The highest BCUT2D eigenvalue weighted by atomic mass is 32.3. The Balaban J connectivity index is 0.999. The van der Waals surface area contributed by atoms with E-state index in [1.165, 1.54) is 305 Å².